The zero-order valence-corrected chi connectivity index (χ0v) is 14.5. The molecule has 0 fully saturated rings. The molecule has 1 atom stereocenters. The van der Waals surface area contributed by atoms with Gasteiger partial charge in [-0.15, -0.1) is 12.4 Å². The van der Waals surface area contributed by atoms with Crippen LogP contribution in [0.2, 0.25) is 0 Å². The number of aromatic nitrogens is 2. The van der Waals surface area contributed by atoms with E-state index < -0.39 is 11.9 Å². The number of halogens is 1. The summed E-state index contributed by atoms with van der Waals surface area (Å²) in [6.45, 7) is 1.65. The third-order valence-corrected chi connectivity index (χ3v) is 3.80. The lowest BCUT2D eigenvalue weighted by atomic mass is 10.00. The number of carbonyl (C=O) groups is 1. The Morgan fingerprint density at radius 2 is 1.68 bits per heavy atom. The second kappa shape index (κ2) is 7.81. The largest absolute Gasteiger partial charge is 0.497 e. The molecule has 0 saturated carbocycles. The van der Waals surface area contributed by atoms with E-state index in [-0.39, 0.29) is 12.4 Å². The van der Waals surface area contributed by atoms with E-state index in [9.17, 15) is 4.79 Å². The number of aliphatic carboxylic acids is 1. The summed E-state index contributed by atoms with van der Waals surface area (Å²) < 4.78 is 10.4. The van der Waals surface area contributed by atoms with Gasteiger partial charge in [-0.05, 0) is 36.8 Å². The zero-order valence-electron chi connectivity index (χ0n) is 13.7. The van der Waals surface area contributed by atoms with Gasteiger partial charge in [0.15, 0.2) is 0 Å². The maximum Gasteiger partial charge on any atom is 0.310 e. The molecule has 1 unspecified atom stereocenters. The molecule has 6 nitrogen and oxygen atoms in total. The molecule has 1 heterocycles. The Morgan fingerprint density at radius 3 is 2.24 bits per heavy atom. The normalized spacial score (nSPS) is 11.4. The van der Waals surface area contributed by atoms with Crippen LogP contribution in [0.3, 0.4) is 0 Å². The maximum atomic E-state index is 11.0. The fourth-order valence-electron chi connectivity index (χ4n) is 2.26. The molecule has 1 aromatic heterocycles. The fourth-order valence-corrected chi connectivity index (χ4v) is 2.26. The number of hydrogen-bond acceptors (Lipinski definition) is 5. The van der Waals surface area contributed by atoms with Crippen LogP contribution in [0.4, 0.5) is 0 Å². The third kappa shape index (κ3) is 3.97. The summed E-state index contributed by atoms with van der Waals surface area (Å²) in [6.07, 6.45) is 0. The number of ether oxygens (including phenoxy) is 1. The first-order valence-electron chi connectivity index (χ1n) is 7.40. The van der Waals surface area contributed by atoms with E-state index in [0.717, 1.165) is 22.4 Å². The summed E-state index contributed by atoms with van der Waals surface area (Å²) in [6, 6.07) is 14.4. The molecule has 25 heavy (non-hydrogen) atoms. The van der Waals surface area contributed by atoms with Gasteiger partial charge in [-0.3, -0.25) is 4.79 Å². The zero-order chi connectivity index (χ0) is 17.1. The first-order chi connectivity index (χ1) is 11.6. The van der Waals surface area contributed by atoms with Gasteiger partial charge in [-0.1, -0.05) is 29.4 Å². The van der Waals surface area contributed by atoms with Gasteiger partial charge in [0.25, 0.3) is 5.89 Å². The van der Waals surface area contributed by atoms with Gasteiger partial charge in [0.2, 0.25) is 5.82 Å². The van der Waals surface area contributed by atoms with Crippen molar-refractivity contribution in [1.82, 2.24) is 10.1 Å². The van der Waals surface area contributed by atoms with Crippen LogP contribution < -0.4 is 4.74 Å². The first kappa shape index (κ1) is 18.5. The Morgan fingerprint density at radius 1 is 1.08 bits per heavy atom. The van der Waals surface area contributed by atoms with Crippen molar-refractivity contribution < 1.29 is 19.2 Å². The molecule has 0 amide bonds. The average molecular weight is 361 g/mol. The smallest absolute Gasteiger partial charge is 0.310 e. The Hall–Kier alpha value is -2.86. The molecule has 3 rings (SSSR count). The van der Waals surface area contributed by atoms with Crippen molar-refractivity contribution in [1.29, 1.82) is 0 Å². The van der Waals surface area contributed by atoms with E-state index >= 15 is 0 Å². The van der Waals surface area contributed by atoms with Crippen molar-refractivity contribution in [2.75, 3.05) is 7.11 Å². The lowest BCUT2D eigenvalue weighted by Crippen LogP contribution is -2.06. The molecule has 0 radical (unpaired) electrons. The van der Waals surface area contributed by atoms with Crippen molar-refractivity contribution in [2.45, 2.75) is 12.8 Å². The molecule has 0 aliphatic carbocycles. The van der Waals surface area contributed by atoms with Crippen LogP contribution in [0, 0.1) is 0 Å². The lowest BCUT2D eigenvalue weighted by Gasteiger charge is -2.06. The molecule has 0 bridgehead atoms. The highest BCUT2D eigenvalue weighted by Crippen LogP contribution is 2.25. The fraction of sp³-hybridized carbons (Fsp3) is 0.167. The maximum absolute atomic E-state index is 11.0. The minimum absolute atomic E-state index is 0. The Balaban J connectivity index is 0.00000225. The minimum Gasteiger partial charge on any atom is -0.497 e. The summed E-state index contributed by atoms with van der Waals surface area (Å²) in [5.41, 5.74) is 2.29. The van der Waals surface area contributed by atoms with Crippen molar-refractivity contribution in [3.63, 3.8) is 0 Å². The summed E-state index contributed by atoms with van der Waals surface area (Å²) >= 11 is 0. The molecular formula is C18H17ClN2O4. The second-order valence-corrected chi connectivity index (χ2v) is 5.33. The number of carboxylic acids is 1. The minimum atomic E-state index is -0.857. The molecule has 1 N–H and O–H groups in total. The Kier molecular flexibility index (Phi) is 5.77. The SMILES string of the molecule is COc1ccc(-c2nc(-c3ccc(C(C)C(=O)O)cc3)no2)cc1.Cl. The molecular weight excluding hydrogens is 344 g/mol. The summed E-state index contributed by atoms with van der Waals surface area (Å²) in [7, 11) is 1.61. The third-order valence-electron chi connectivity index (χ3n) is 3.80. The molecule has 0 aliphatic rings. The highest BCUT2D eigenvalue weighted by Gasteiger charge is 2.15. The monoisotopic (exact) mass is 360 g/mol. The van der Waals surface area contributed by atoms with Crippen LogP contribution in [-0.4, -0.2) is 28.3 Å². The molecule has 0 saturated heterocycles. The van der Waals surface area contributed by atoms with Crippen LogP contribution in [0.5, 0.6) is 5.75 Å². The molecule has 0 aliphatic heterocycles. The average Bonchev–Trinajstić information content (AvgIpc) is 3.11. The van der Waals surface area contributed by atoms with E-state index in [0.29, 0.717) is 11.7 Å². The topological polar surface area (TPSA) is 85.5 Å². The van der Waals surface area contributed by atoms with Crippen molar-refractivity contribution in [3.8, 4) is 28.6 Å². The Labute approximate surface area is 150 Å². The predicted molar refractivity (Wildman–Crippen MR) is 95.0 cm³/mol. The highest BCUT2D eigenvalue weighted by molar-refractivity contribution is 5.85. The molecule has 7 heteroatoms. The van der Waals surface area contributed by atoms with Gasteiger partial charge in [-0.25, -0.2) is 0 Å². The van der Waals surface area contributed by atoms with Crippen LogP contribution in [0.15, 0.2) is 53.1 Å². The van der Waals surface area contributed by atoms with Crippen molar-refractivity contribution >= 4 is 18.4 Å². The van der Waals surface area contributed by atoms with E-state index in [1.807, 2.05) is 24.3 Å². The number of benzene rings is 2. The molecule has 130 valence electrons. The van der Waals surface area contributed by atoms with Gasteiger partial charge in [0.1, 0.15) is 5.75 Å². The molecule has 3 aromatic rings. The quantitative estimate of drug-likeness (QED) is 0.739. The van der Waals surface area contributed by atoms with Crippen molar-refractivity contribution in [3.05, 3.63) is 54.1 Å². The van der Waals surface area contributed by atoms with Gasteiger partial charge in [0.05, 0.1) is 13.0 Å². The van der Waals surface area contributed by atoms with Gasteiger partial charge in [0, 0.05) is 11.1 Å². The van der Waals surface area contributed by atoms with Crippen LogP contribution in [-0.2, 0) is 4.79 Å². The van der Waals surface area contributed by atoms with E-state index in [1.54, 1.807) is 38.3 Å². The van der Waals surface area contributed by atoms with E-state index in [2.05, 4.69) is 10.1 Å². The van der Waals surface area contributed by atoms with Gasteiger partial charge < -0.3 is 14.4 Å². The number of carboxylic acid groups (broad SMARTS) is 1. The van der Waals surface area contributed by atoms with Gasteiger partial charge in [-0.2, -0.15) is 4.98 Å². The Bertz CT molecular complexity index is 844. The first-order valence-corrected chi connectivity index (χ1v) is 7.40. The lowest BCUT2D eigenvalue weighted by molar-refractivity contribution is -0.138. The predicted octanol–water partition coefficient (Wildman–Crippen LogP) is 4.02. The molecule has 0 spiro atoms. The number of hydrogen-bond donors (Lipinski definition) is 1. The number of rotatable bonds is 5. The van der Waals surface area contributed by atoms with E-state index in [1.165, 1.54) is 0 Å². The second-order valence-electron chi connectivity index (χ2n) is 5.33. The summed E-state index contributed by atoms with van der Waals surface area (Å²) in [4.78, 5) is 15.4. The summed E-state index contributed by atoms with van der Waals surface area (Å²) in [5.74, 6) is 0.205. The number of nitrogens with zero attached hydrogens (tertiary/aromatic N) is 2. The highest BCUT2D eigenvalue weighted by atomic mass is 35.5. The summed E-state index contributed by atoms with van der Waals surface area (Å²) in [5, 5.41) is 13.0. The number of methoxy groups -OCH3 is 1. The van der Waals surface area contributed by atoms with E-state index in [4.69, 9.17) is 14.4 Å². The van der Waals surface area contributed by atoms with Gasteiger partial charge >= 0.3 is 5.97 Å². The molecule has 2 aromatic carbocycles. The van der Waals surface area contributed by atoms with Crippen LogP contribution in [0.1, 0.15) is 18.4 Å². The van der Waals surface area contributed by atoms with Crippen LogP contribution >= 0.6 is 12.4 Å². The standard InChI is InChI=1S/C18H16N2O4.ClH/c1-11(18(21)22)12-3-5-13(6-4-12)16-19-17(24-20-16)14-7-9-15(23-2)10-8-14;/h3-11H,1-2H3,(H,21,22);1H. The van der Waals surface area contributed by atoms with Crippen molar-refractivity contribution in [2.24, 2.45) is 0 Å². The van der Waals surface area contributed by atoms with Crippen LogP contribution in [0.25, 0.3) is 22.8 Å².